The molecule has 0 radical (unpaired) electrons. The van der Waals surface area contributed by atoms with Crippen molar-refractivity contribution < 1.29 is 28.0 Å². The number of carbonyl (C=O) groups is 1. The van der Waals surface area contributed by atoms with Gasteiger partial charge in [-0.1, -0.05) is 134 Å². The van der Waals surface area contributed by atoms with Gasteiger partial charge in [0.2, 0.25) is 0 Å². The number of carbonyl (C=O) groups excluding carboxylic acids is 1. The third-order valence-corrected chi connectivity index (χ3v) is 10.2. The number of unbranched alkanes of at least 4 members (excludes halogenated alkanes) is 19. The monoisotopic (exact) mass is 698 g/mol. The largest absolute Gasteiger partial charge is 0.457 e. The molecule has 1 fully saturated rings. The summed E-state index contributed by atoms with van der Waals surface area (Å²) in [5.74, 6) is 5.15. The summed E-state index contributed by atoms with van der Waals surface area (Å²) in [6.45, 7) is 3.35. The topological polar surface area (TPSA) is 201 Å². The summed E-state index contributed by atoms with van der Waals surface area (Å²) in [5.41, 5.74) is 6.79. The summed E-state index contributed by atoms with van der Waals surface area (Å²) in [5, 5.41) is 3.67. The molecule has 1 aromatic heterocycles. The summed E-state index contributed by atoms with van der Waals surface area (Å²) >= 11 is 0. The van der Waals surface area contributed by atoms with Crippen LogP contribution in [-0.2, 0) is 23.2 Å². The molecule has 14 nitrogen and oxygen atoms in total. The first-order chi connectivity index (χ1) is 23.3. The maximum atomic E-state index is 12.9. The Kier molecular flexibility index (Phi) is 21.4. The minimum Gasteiger partial charge on any atom is -0.457 e. The smallest absolute Gasteiger partial charge is 0.454 e. The number of aromatic amines is 1. The Labute approximate surface area is 284 Å². The molecule has 0 aromatic carbocycles. The fourth-order valence-electron chi connectivity index (χ4n) is 5.92. The molecule has 0 amide bonds. The minimum absolute atomic E-state index is 0.0479. The third-order valence-electron chi connectivity index (χ3n) is 8.85. The van der Waals surface area contributed by atoms with Gasteiger partial charge in [0, 0.05) is 23.1 Å². The van der Waals surface area contributed by atoms with Crippen molar-refractivity contribution in [3.8, 4) is 0 Å². The van der Waals surface area contributed by atoms with Crippen molar-refractivity contribution in [2.24, 2.45) is 11.0 Å². The Morgan fingerprint density at radius 3 is 1.94 bits per heavy atom. The highest BCUT2D eigenvalue weighted by Crippen LogP contribution is 2.49. The van der Waals surface area contributed by atoms with Crippen LogP contribution in [0.1, 0.15) is 154 Å². The highest BCUT2D eigenvalue weighted by molar-refractivity contribution is 7.71. The second kappa shape index (κ2) is 24.6. The van der Waals surface area contributed by atoms with Crippen molar-refractivity contribution in [1.29, 1.82) is 0 Å². The van der Waals surface area contributed by atoms with Crippen LogP contribution in [0.4, 0.5) is 4.79 Å². The van der Waals surface area contributed by atoms with E-state index in [-0.39, 0.29) is 18.6 Å². The molecule has 2 heterocycles. The molecular weight excluding hydrogens is 639 g/mol. The molecule has 1 aromatic rings. The van der Waals surface area contributed by atoms with E-state index in [4.69, 9.17) is 25.4 Å². The van der Waals surface area contributed by atoms with E-state index < -0.39 is 49.5 Å². The van der Waals surface area contributed by atoms with Crippen molar-refractivity contribution in [3.63, 3.8) is 0 Å². The van der Waals surface area contributed by atoms with Gasteiger partial charge in [-0.05, 0) is 18.9 Å². The van der Waals surface area contributed by atoms with Gasteiger partial charge in [0.25, 0.3) is 5.56 Å². The fraction of sp³-hybridized carbons (Fsp3) is 0.848. The SMILES string of the molecule is CCCCCCCCCCCCCCCCCCCCCCOC(=O)P(=O)(ON)OC[C@H]1O[C@@H](n2cc(C)c(=O)[nH]c2=O)C[C@@H]1N=[N+]=[N-]. The lowest BCUT2D eigenvalue weighted by molar-refractivity contribution is -0.0249. The van der Waals surface area contributed by atoms with Crippen molar-refractivity contribution >= 4 is 13.3 Å². The number of aromatic nitrogens is 2. The van der Waals surface area contributed by atoms with Crippen LogP contribution in [0.2, 0.25) is 0 Å². The van der Waals surface area contributed by atoms with Gasteiger partial charge in [-0.3, -0.25) is 18.9 Å². The summed E-state index contributed by atoms with van der Waals surface area (Å²) < 4.78 is 34.7. The molecule has 1 unspecified atom stereocenters. The van der Waals surface area contributed by atoms with E-state index in [2.05, 4.69) is 26.6 Å². The van der Waals surface area contributed by atoms with Crippen LogP contribution in [0.5, 0.6) is 0 Å². The van der Waals surface area contributed by atoms with E-state index in [1.165, 1.54) is 116 Å². The standard InChI is InChI=1S/C33H59N6O8P/c1-3-4-5-6-7-8-9-10-11-12-13-14-15-16-17-18-19-20-21-22-23-44-33(42)48(43,47-35)45-26-29-28(37-38-34)24-30(46-29)39-25-27(2)31(40)36-32(39)41/h25,28-30H,3-24,26,35H2,1-2H3,(H,36,40,41)/t28-,29+,30+,48?/m0/s1. The molecule has 0 saturated carbocycles. The predicted octanol–water partition coefficient (Wildman–Crippen LogP) is 8.87. The van der Waals surface area contributed by atoms with Crippen LogP contribution in [0.3, 0.4) is 0 Å². The molecule has 0 spiro atoms. The Bertz CT molecular complexity index is 1270. The number of azide groups is 1. The number of hydrogen-bond donors (Lipinski definition) is 2. The second-order valence-electron chi connectivity index (χ2n) is 12.8. The molecule has 1 aliphatic rings. The van der Waals surface area contributed by atoms with Crippen LogP contribution < -0.4 is 17.1 Å². The molecule has 1 aliphatic heterocycles. The predicted molar refractivity (Wildman–Crippen MR) is 186 cm³/mol. The number of nitrogens with one attached hydrogen (secondary N) is 1. The van der Waals surface area contributed by atoms with E-state index in [0.29, 0.717) is 6.42 Å². The van der Waals surface area contributed by atoms with Gasteiger partial charge in [0.15, 0.2) is 0 Å². The first kappa shape index (κ1) is 41.7. The Balaban J connectivity index is 1.53. The van der Waals surface area contributed by atoms with Crippen molar-refractivity contribution in [2.75, 3.05) is 13.2 Å². The minimum atomic E-state index is -4.51. The van der Waals surface area contributed by atoms with E-state index in [1.807, 2.05) is 0 Å². The molecule has 0 aliphatic carbocycles. The Morgan fingerprint density at radius 1 is 0.958 bits per heavy atom. The summed E-state index contributed by atoms with van der Waals surface area (Å²) in [7, 11) is -4.51. The highest BCUT2D eigenvalue weighted by atomic mass is 31.2. The molecule has 2 rings (SSSR count). The van der Waals surface area contributed by atoms with Gasteiger partial charge in [0.1, 0.15) is 6.23 Å². The fourth-order valence-corrected chi connectivity index (χ4v) is 6.76. The van der Waals surface area contributed by atoms with Crippen LogP contribution in [0.25, 0.3) is 10.4 Å². The number of hydrogen-bond acceptors (Lipinski definition) is 10. The number of nitrogens with two attached hydrogens (primary N) is 1. The molecule has 0 bridgehead atoms. The van der Waals surface area contributed by atoms with Gasteiger partial charge < -0.3 is 9.47 Å². The Morgan fingerprint density at radius 2 is 1.46 bits per heavy atom. The van der Waals surface area contributed by atoms with Gasteiger partial charge in [0.05, 0.1) is 25.4 Å². The van der Waals surface area contributed by atoms with Crippen LogP contribution >= 0.6 is 7.60 Å². The number of rotatable bonds is 28. The zero-order chi connectivity index (χ0) is 35.0. The molecule has 1 saturated heterocycles. The van der Waals surface area contributed by atoms with Crippen molar-refractivity contribution in [3.05, 3.63) is 43.0 Å². The quantitative estimate of drug-likeness (QED) is 0.0214. The van der Waals surface area contributed by atoms with E-state index in [9.17, 15) is 18.9 Å². The van der Waals surface area contributed by atoms with Gasteiger partial charge in [-0.25, -0.2) is 24.7 Å². The molecule has 274 valence electrons. The third kappa shape index (κ3) is 15.8. The maximum absolute atomic E-state index is 12.9. The molecule has 48 heavy (non-hydrogen) atoms. The lowest BCUT2D eigenvalue weighted by atomic mass is 10.0. The number of aryl methyl sites for hydroxylation is 1. The van der Waals surface area contributed by atoms with E-state index in [0.717, 1.165) is 23.8 Å². The highest BCUT2D eigenvalue weighted by Gasteiger charge is 2.42. The van der Waals surface area contributed by atoms with Gasteiger partial charge in [-0.15, -0.1) is 0 Å². The first-order valence-corrected chi connectivity index (χ1v) is 19.6. The maximum Gasteiger partial charge on any atom is 0.454 e. The van der Waals surface area contributed by atoms with E-state index in [1.54, 1.807) is 0 Å². The molecule has 15 heteroatoms. The van der Waals surface area contributed by atoms with Crippen molar-refractivity contribution in [2.45, 2.75) is 167 Å². The summed E-state index contributed by atoms with van der Waals surface area (Å²) in [4.78, 5) is 41.4. The molecular formula is C33H59N6O8P. The zero-order valence-electron chi connectivity index (χ0n) is 29.2. The number of ether oxygens (including phenoxy) is 2. The van der Waals surface area contributed by atoms with E-state index >= 15 is 0 Å². The zero-order valence-corrected chi connectivity index (χ0v) is 30.0. The molecule has 4 atom stereocenters. The summed E-state index contributed by atoms with van der Waals surface area (Å²) in [6.07, 6.45) is 24.8. The average molecular weight is 699 g/mol. The molecule has 3 N–H and O–H groups in total. The lowest BCUT2D eigenvalue weighted by Crippen LogP contribution is -2.33. The Hall–Kier alpha value is -2.47. The first-order valence-electron chi connectivity index (χ1n) is 18.1. The summed E-state index contributed by atoms with van der Waals surface area (Å²) in [6, 6.07) is -0.823. The van der Waals surface area contributed by atoms with Crippen LogP contribution in [0, 0.1) is 6.92 Å². The van der Waals surface area contributed by atoms with Gasteiger partial charge in [-0.2, -0.15) is 0 Å². The number of nitrogens with zero attached hydrogens (tertiary/aromatic N) is 4. The normalized spacial score (nSPS) is 18.8. The van der Waals surface area contributed by atoms with Crippen molar-refractivity contribution in [1.82, 2.24) is 9.55 Å². The lowest BCUT2D eigenvalue weighted by Gasteiger charge is -2.19. The second-order valence-corrected chi connectivity index (χ2v) is 14.7. The average Bonchev–Trinajstić information content (AvgIpc) is 3.48. The van der Waals surface area contributed by atoms with Gasteiger partial charge >= 0.3 is 19.0 Å². The van der Waals surface area contributed by atoms with Crippen LogP contribution in [0.15, 0.2) is 20.9 Å². The number of H-pyrrole nitrogens is 1. The van der Waals surface area contributed by atoms with Crippen LogP contribution in [-0.4, -0.2) is 40.6 Å².